The number of hydrogen-bond acceptors (Lipinski definition) is 6. The predicted molar refractivity (Wildman–Crippen MR) is 89.2 cm³/mol. The number of carbonyl (C=O) groups is 2. The highest BCUT2D eigenvalue weighted by Crippen LogP contribution is 2.46. The van der Waals surface area contributed by atoms with E-state index < -0.39 is 17.4 Å². The van der Waals surface area contributed by atoms with Gasteiger partial charge >= 0.3 is 0 Å². The highest BCUT2D eigenvalue weighted by atomic mass is 32.1. The zero-order valence-corrected chi connectivity index (χ0v) is 14.1. The number of benzene rings is 1. The second-order valence-electron chi connectivity index (χ2n) is 6.52. The molecule has 0 spiro atoms. The summed E-state index contributed by atoms with van der Waals surface area (Å²) in [6, 6.07) is 6.99. The number of fused-ring (bicyclic) bond motifs is 1. The molecule has 4 rings (SSSR count). The summed E-state index contributed by atoms with van der Waals surface area (Å²) in [6.07, 6.45) is 2.11. The van der Waals surface area contributed by atoms with Gasteiger partial charge in [0.05, 0.1) is 5.69 Å². The van der Waals surface area contributed by atoms with Gasteiger partial charge in [-0.05, 0) is 31.9 Å². The van der Waals surface area contributed by atoms with E-state index in [1.54, 1.807) is 24.3 Å². The molecule has 2 aliphatic rings. The van der Waals surface area contributed by atoms with Crippen molar-refractivity contribution in [2.45, 2.75) is 37.7 Å². The molecule has 2 amide bonds. The third kappa shape index (κ3) is 2.34. The van der Waals surface area contributed by atoms with Crippen LogP contribution in [-0.2, 0) is 15.0 Å². The fraction of sp³-hybridized carbons (Fsp3) is 0.375. The first kappa shape index (κ1) is 15.1. The van der Waals surface area contributed by atoms with Crippen molar-refractivity contribution in [2.24, 2.45) is 0 Å². The van der Waals surface area contributed by atoms with Crippen LogP contribution in [-0.4, -0.2) is 26.8 Å². The van der Waals surface area contributed by atoms with Crippen LogP contribution in [0.25, 0.3) is 0 Å². The maximum absolute atomic E-state index is 12.6. The van der Waals surface area contributed by atoms with Crippen LogP contribution in [0.2, 0.25) is 0 Å². The number of para-hydroxylation sites is 2. The first-order valence-electron chi connectivity index (χ1n) is 7.66. The largest absolute Gasteiger partial charge is 0.466 e. The van der Waals surface area contributed by atoms with E-state index in [1.807, 2.05) is 0 Å². The third-order valence-electron chi connectivity index (χ3n) is 4.50. The van der Waals surface area contributed by atoms with Gasteiger partial charge in [-0.3, -0.25) is 14.9 Å². The van der Waals surface area contributed by atoms with Crippen molar-refractivity contribution in [2.75, 3.05) is 10.6 Å². The lowest BCUT2D eigenvalue weighted by Gasteiger charge is -2.32. The molecule has 24 heavy (non-hydrogen) atoms. The molecular formula is C16H16N4O3S. The Morgan fingerprint density at radius 2 is 2.08 bits per heavy atom. The number of anilines is 2. The lowest BCUT2D eigenvalue weighted by atomic mass is 10.0. The molecule has 1 aromatic carbocycles. The summed E-state index contributed by atoms with van der Waals surface area (Å²) in [4.78, 5) is 29.3. The van der Waals surface area contributed by atoms with Crippen LogP contribution in [0.4, 0.5) is 10.8 Å². The van der Waals surface area contributed by atoms with Gasteiger partial charge in [-0.1, -0.05) is 19.1 Å². The van der Waals surface area contributed by atoms with Crippen molar-refractivity contribution >= 4 is 34.2 Å². The Kier molecular flexibility index (Phi) is 3.14. The summed E-state index contributed by atoms with van der Waals surface area (Å²) < 4.78 is 9.98. The van der Waals surface area contributed by atoms with Gasteiger partial charge < -0.3 is 10.1 Å². The molecule has 2 N–H and O–H groups in total. The van der Waals surface area contributed by atoms with Crippen molar-refractivity contribution in [3.05, 3.63) is 30.1 Å². The normalized spacial score (nSPS) is 23.7. The van der Waals surface area contributed by atoms with E-state index in [4.69, 9.17) is 4.74 Å². The summed E-state index contributed by atoms with van der Waals surface area (Å²) in [7, 11) is 0. The number of aromatic nitrogens is 2. The zero-order chi connectivity index (χ0) is 16.9. The topological polar surface area (TPSA) is 93.2 Å². The lowest BCUT2D eigenvalue weighted by molar-refractivity contribution is -0.143. The van der Waals surface area contributed by atoms with Crippen molar-refractivity contribution in [1.29, 1.82) is 0 Å². The predicted octanol–water partition coefficient (Wildman–Crippen LogP) is 2.32. The summed E-state index contributed by atoms with van der Waals surface area (Å²) in [5, 5.41) is 5.73. The Balaban J connectivity index is 1.55. The van der Waals surface area contributed by atoms with Crippen molar-refractivity contribution in [3.63, 3.8) is 0 Å². The molecule has 2 aromatic rings. The molecule has 8 heteroatoms. The highest BCUT2D eigenvalue weighted by Gasteiger charge is 2.48. The number of hydrogen-bond donors (Lipinski definition) is 2. The van der Waals surface area contributed by atoms with E-state index >= 15 is 0 Å². The smallest absolute Gasteiger partial charge is 0.280 e. The molecule has 1 aromatic heterocycles. The van der Waals surface area contributed by atoms with Gasteiger partial charge in [0.25, 0.3) is 17.4 Å². The summed E-state index contributed by atoms with van der Waals surface area (Å²) >= 11 is 1.11. The van der Waals surface area contributed by atoms with E-state index in [0.717, 1.165) is 30.2 Å². The van der Waals surface area contributed by atoms with E-state index in [2.05, 4.69) is 26.9 Å². The van der Waals surface area contributed by atoms with E-state index in [-0.39, 0.29) is 5.41 Å². The standard InChI is InChI=1S/C16H16N4O3S/c1-15(7-8-15)11-18-14(24-20-11)19-13(22)16(2)12(21)17-9-5-3-4-6-10(9)23-16/h3-6H,7-8H2,1-2H3,(H,17,21)(H,18,19,20,22). The van der Waals surface area contributed by atoms with Crippen LogP contribution in [0.1, 0.15) is 32.5 Å². The van der Waals surface area contributed by atoms with E-state index in [0.29, 0.717) is 16.6 Å². The molecule has 1 unspecified atom stereocenters. The van der Waals surface area contributed by atoms with Gasteiger partial charge in [-0.15, -0.1) is 0 Å². The van der Waals surface area contributed by atoms with E-state index in [1.165, 1.54) is 6.92 Å². The monoisotopic (exact) mass is 344 g/mol. The van der Waals surface area contributed by atoms with Crippen LogP contribution in [0.5, 0.6) is 5.75 Å². The number of nitrogens with zero attached hydrogens (tertiary/aromatic N) is 2. The van der Waals surface area contributed by atoms with Crippen molar-refractivity contribution in [3.8, 4) is 5.75 Å². The zero-order valence-electron chi connectivity index (χ0n) is 13.3. The minimum absolute atomic E-state index is 0.0288. The van der Waals surface area contributed by atoms with Gasteiger partial charge in [-0.2, -0.15) is 4.37 Å². The van der Waals surface area contributed by atoms with Crippen LogP contribution >= 0.6 is 11.5 Å². The SMILES string of the molecule is CC1(C(=O)Nc2nc(C3(C)CC3)ns2)Oc2ccccc2NC1=O. The molecule has 0 bridgehead atoms. The van der Waals surface area contributed by atoms with Crippen molar-refractivity contribution in [1.82, 2.24) is 9.36 Å². The van der Waals surface area contributed by atoms with Crippen LogP contribution in [0, 0.1) is 0 Å². The Morgan fingerprint density at radius 3 is 2.83 bits per heavy atom. The fourth-order valence-corrected chi connectivity index (χ4v) is 3.16. The Bertz CT molecular complexity index is 845. The Labute approximate surface area is 142 Å². The number of nitrogens with one attached hydrogen (secondary N) is 2. The van der Waals surface area contributed by atoms with Gasteiger partial charge in [0.15, 0.2) is 5.82 Å². The molecule has 7 nitrogen and oxygen atoms in total. The minimum atomic E-state index is -1.66. The maximum Gasteiger partial charge on any atom is 0.280 e. The number of amides is 2. The van der Waals surface area contributed by atoms with Gasteiger partial charge in [0.2, 0.25) is 5.13 Å². The molecule has 1 aliphatic heterocycles. The quantitative estimate of drug-likeness (QED) is 0.834. The number of ether oxygens (including phenoxy) is 1. The maximum atomic E-state index is 12.6. The number of rotatable bonds is 3. The van der Waals surface area contributed by atoms with Gasteiger partial charge in [0.1, 0.15) is 5.75 Å². The summed E-state index contributed by atoms with van der Waals surface area (Å²) in [6.45, 7) is 3.54. The molecule has 0 radical (unpaired) electrons. The molecule has 2 heterocycles. The van der Waals surface area contributed by atoms with Crippen LogP contribution < -0.4 is 15.4 Å². The lowest BCUT2D eigenvalue weighted by Crippen LogP contribution is -2.56. The highest BCUT2D eigenvalue weighted by molar-refractivity contribution is 7.09. The third-order valence-corrected chi connectivity index (χ3v) is 5.13. The molecule has 1 fully saturated rings. The minimum Gasteiger partial charge on any atom is -0.466 e. The molecular weight excluding hydrogens is 328 g/mol. The fourth-order valence-electron chi connectivity index (χ4n) is 2.46. The second kappa shape index (κ2) is 5.01. The number of carbonyl (C=O) groups excluding carboxylic acids is 2. The van der Waals surface area contributed by atoms with Crippen LogP contribution in [0.3, 0.4) is 0 Å². The molecule has 124 valence electrons. The molecule has 1 atom stereocenters. The second-order valence-corrected chi connectivity index (χ2v) is 7.28. The Morgan fingerprint density at radius 1 is 1.33 bits per heavy atom. The van der Waals surface area contributed by atoms with Crippen LogP contribution in [0.15, 0.2) is 24.3 Å². The van der Waals surface area contributed by atoms with Gasteiger partial charge in [-0.25, -0.2) is 4.98 Å². The first-order chi connectivity index (χ1) is 11.4. The molecule has 1 saturated carbocycles. The van der Waals surface area contributed by atoms with E-state index in [9.17, 15) is 9.59 Å². The summed E-state index contributed by atoms with van der Waals surface area (Å²) in [5.41, 5.74) is -1.09. The Hall–Kier alpha value is -2.48. The van der Waals surface area contributed by atoms with Gasteiger partial charge in [0, 0.05) is 16.9 Å². The molecule has 1 aliphatic carbocycles. The average Bonchev–Trinajstić information content (AvgIpc) is 3.12. The average molecular weight is 344 g/mol. The molecule has 0 saturated heterocycles. The summed E-state index contributed by atoms with van der Waals surface area (Å²) in [5.74, 6) is 0.112. The first-order valence-corrected chi connectivity index (χ1v) is 8.43. The van der Waals surface area contributed by atoms with Crippen molar-refractivity contribution < 1.29 is 14.3 Å².